The number of hydrogen-bond donors (Lipinski definition) is 2. The minimum atomic E-state index is -3.87. The number of anilines is 2. The molecule has 0 bridgehead atoms. The summed E-state index contributed by atoms with van der Waals surface area (Å²) in [5.74, 6) is -0.740. The second-order valence-corrected chi connectivity index (χ2v) is 10.8. The Balaban J connectivity index is 1.15. The molecular weight excluding hydrogens is 556 g/mol. The molecule has 6 rings (SSSR count). The van der Waals surface area contributed by atoms with E-state index in [1.165, 1.54) is 36.5 Å². The Labute approximate surface area is 240 Å². The number of hydrogen-bond acceptors (Lipinski definition) is 8. The number of rotatable bonds is 8. The third-order valence-corrected chi connectivity index (χ3v) is 7.71. The number of amides is 1. The van der Waals surface area contributed by atoms with E-state index in [2.05, 4.69) is 20.0 Å². The molecule has 2 heterocycles. The van der Waals surface area contributed by atoms with Crippen molar-refractivity contribution >= 4 is 55.3 Å². The minimum Gasteiger partial charge on any atom is -0.452 e. The first-order valence-electron chi connectivity index (χ1n) is 12.8. The number of nitrogens with zero attached hydrogens (tertiary/aromatic N) is 2. The van der Waals surface area contributed by atoms with Crippen LogP contribution in [0.5, 0.6) is 0 Å². The number of sulfonamides is 1. The summed E-state index contributed by atoms with van der Waals surface area (Å²) in [5.41, 5.74) is 2.52. The lowest BCUT2D eigenvalue weighted by Gasteiger charge is -2.11. The van der Waals surface area contributed by atoms with Crippen molar-refractivity contribution in [1.29, 1.82) is 0 Å². The first-order chi connectivity index (χ1) is 20.4. The summed E-state index contributed by atoms with van der Waals surface area (Å²) < 4.78 is 38.9. The Hall–Kier alpha value is -5.55. The van der Waals surface area contributed by atoms with Crippen LogP contribution in [-0.4, -0.2) is 36.9 Å². The van der Waals surface area contributed by atoms with Crippen molar-refractivity contribution in [3.63, 3.8) is 0 Å². The predicted molar refractivity (Wildman–Crippen MR) is 157 cm³/mol. The molecule has 0 radical (unpaired) electrons. The van der Waals surface area contributed by atoms with Crippen LogP contribution in [0.2, 0.25) is 0 Å². The van der Waals surface area contributed by atoms with Gasteiger partial charge in [-0.05, 0) is 66.0 Å². The van der Waals surface area contributed by atoms with Crippen LogP contribution in [-0.2, 0) is 19.6 Å². The summed E-state index contributed by atoms with van der Waals surface area (Å²) in [4.78, 5) is 34.2. The highest BCUT2D eigenvalue weighted by Crippen LogP contribution is 2.33. The molecule has 10 nitrogen and oxygen atoms in total. The average Bonchev–Trinajstić information content (AvgIpc) is 3.44. The quantitative estimate of drug-likeness (QED) is 0.221. The van der Waals surface area contributed by atoms with Gasteiger partial charge < -0.3 is 14.5 Å². The molecule has 0 spiro atoms. The maximum absolute atomic E-state index is 13.1. The number of esters is 1. The Morgan fingerprint density at radius 2 is 1.60 bits per heavy atom. The SMILES string of the molecule is O=C(COC(=O)c1cccc2cccc(-c3nc4ccccc4o3)c12)Nc1ccc(S(=O)(=O)Nc2ccccn2)cc1. The van der Waals surface area contributed by atoms with Gasteiger partial charge in [0.15, 0.2) is 12.2 Å². The summed E-state index contributed by atoms with van der Waals surface area (Å²) in [7, 11) is -3.87. The maximum Gasteiger partial charge on any atom is 0.339 e. The molecule has 2 N–H and O–H groups in total. The number of nitrogens with one attached hydrogen (secondary N) is 2. The third-order valence-electron chi connectivity index (χ3n) is 6.34. The number of oxazole rings is 1. The molecule has 0 aliphatic carbocycles. The van der Waals surface area contributed by atoms with Crippen molar-refractivity contribution in [3.8, 4) is 11.5 Å². The van der Waals surface area contributed by atoms with Crippen LogP contribution in [0.15, 0.2) is 119 Å². The van der Waals surface area contributed by atoms with Gasteiger partial charge >= 0.3 is 5.97 Å². The van der Waals surface area contributed by atoms with Crippen LogP contribution < -0.4 is 10.0 Å². The van der Waals surface area contributed by atoms with Gasteiger partial charge in [0.25, 0.3) is 15.9 Å². The van der Waals surface area contributed by atoms with Crippen molar-refractivity contribution in [2.24, 2.45) is 0 Å². The van der Waals surface area contributed by atoms with Gasteiger partial charge in [0.1, 0.15) is 11.3 Å². The van der Waals surface area contributed by atoms with Gasteiger partial charge in [-0.2, -0.15) is 0 Å². The minimum absolute atomic E-state index is 0.0108. The Bertz CT molecular complexity index is 2000. The van der Waals surface area contributed by atoms with Gasteiger partial charge in [0.05, 0.1) is 10.5 Å². The first kappa shape index (κ1) is 26.7. The monoisotopic (exact) mass is 578 g/mol. The number of ether oxygens (including phenoxy) is 1. The van der Waals surface area contributed by atoms with Crippen LogP contribution in [0.1, 0.15) is 10.4 Å². The van der Waals surface area contributed by atoms with Crippen LogP contribution in [0.25, 0.3) is 33.3 Å². The third kappa shape index (κ3) is 5.54. The standard InChI is InChI=1S/C31H22N4O6S/c36-28(33-21-14-16-22(17-15-21)42(38,39)35-27-13-3-4-18-32-27)19-40-31(37)24-10-6-8-20-7-5-9-23(29(20)24)30-34-25-11-1-2-12-26(25)41-30/h1-18H,19H2,(H,32,35)(H,33,36). The maximum atomic E-state index is 13.1. The number of para-hydroxylation sites is 2. The molecule has 0 aliphatic heterocycles. The van der Waals surface area contributed by atoms with E-state index in [-0.39, 0.29) is 16.3 Å². The van der Waals surface area contributed by atoms with E-state index in [9.17, 15) is 18.0 Å². The molecule has 0 saturated carbocycles. The van der Waals surface area contributed by atoms with Crippen LogP contribution in [0.4, 0.5) is 11.5 Å². The largest absolute Gasteiger partial charge is 0.452 e. The average molecular weight is 579 g/mol. The summed E-state index contributed by atoms with van der Waals surface area (Å²) in [5, 5.41) is 3.97. The zero-order valence-corrected chi connectivity index (χ0v) is 22.7. The fourth-order valence-corrected chi connectivity index (χ4v) is 5.43. The number of pyridine rings is 1. The number of fused-ring (bicyclic) bond motifs is 2. The van der Waals surface area contributed by atoms with Crippen molar-refractivity contribution in [2.75, 3.05) is 16.6 Å². The highest BCUT2D eigenvalue weighted by atomic mass is 32.2. The summed E-state index contributed by atoms with van der Waals surface area (Å²) in [6, 6.07) is 28.5. The van der Waals surface area contributed by atoms with Crippen LogP contribution >= 0.6 is 0 Å². The van der Waals surface area contributed by atoms with Crippen molar-refractivity contribution in [3.05, 3.63) is 115 Å². The molecule has 2 aromatic heterocycles. The fraction of sp³-hybridized carbons (Fsp3) is 0.0323. The summed E-state index contributed by atoms with van der Waals surface area (Å²) in [6.07, 6.45) is 1.47. The van der Waals surface area contributed by atoms with Gasteiger partial charge in [-0.3, -0.25) is 9.52 Å². The molecule has 208 valence electrons. The van der Waals surface area contributed by atoms with Gasteiger partial charge in [-0.25, -0.2) is 23.2 Å². The number of carbonyl (C=O) groups excluding carboxylic acids is 2. The topological polar surface area (TPSA) is 140 Å². The summed E-state index contributed by atoms with van der Waals surface area (Å²) in [6.45, 7) is -0.554. The zero-order valence-electron chi connectivity index (χ0n) is 21.9. The molecular formula is C31H22N4O6S. The Kier molecular flexibility index (Phi) is 7.07. The van der Waals surface area contributed by atoms with E-state index in [4.69, 9.17) is 9.15 Å². The smallest absolute Gasteiger partial charge is 0.339 e. The molecule has 6 aromatic rings. The van der Waals surface area contributed by atoms with Crippen molar-refractivity contribution in [2.45, 2.75) is 4.90 Å². The van der Waals surface area contributed by atoms with E-state index < -0.39 is 28.5 Å². The van der Waals surface area contributed by atoms with Crippen molar-refractivity contribution < 1.29 is 27.2 Å². The lowest BCUT2D eigenvalue weighted by atomic mass is 9.99. The Morgan fingerprint density at radius 1 is 0.833 bits per heavy atom. The zero-order chi connectivity index (χ0) is 29.1. The molecule has 0 fully saturated rings. The molecule has 0 saturated heterocycles. The lowest BCUT2D eigenvalue weighted by Crippen LogP contribution is -2.21. The van der Waals surface area contributed by atoms with Gasteiger partial charge in [0.2, 0.25) is 5.89 Å². The summed E-state index contributed by atoms with van der Waals surface area (Å²) >= 11 is 0. The normalized spacial score (nSPS) is 11.3. The molecule has 4 aromatic carbocycles. The number of benzene rings is 4. The van der Waals surface area contributed by atoms with Crippen LogP contribution in [0.3, 0.4) is 0 Å². The van der Waals surface area contributed by atoms with Crippen molar-refractivity contribution in [1.82, 2.24) is 9.97 Å². The van der Waals surface area contributed by atoms with Crippen LogP contribution in [0, 0.1) is 0 Å². The van der Waals surface area contributed by atoms with E-state index in [1.54, 1.807) is 24.3 Å². The second kappa shape index (κ2) is 11.1. The van der Waals surface area contributed by atoms with E-state index in [1.807, 2.05) is 48.5 Å². The highest BCUT2D eigenvalue weighted by molar-refractivity contribution is 7.92. The van der Waals surface area contributed by atoms with E-state index >= 15 is 0 Å². The number of carbonyl (C=O) groups is 2. The Morgan fingerprint density at radius 3 is 2.36 bits per heavy atom. The first-order valence-corrected chi connectivity index (χ1v) is 14.2. The second-order valence-electron chi connectivity index (χ2n) is 9.17. The molecule has 42 heavy (non-hydrogen) atoms. The van der Waals surface area contributed by atoms with Gasteiger partial charge in [-0.1, -0.05) is 42.5 Å². The van der Waals surface area contributed by atoms with E-state index in [0.29, 0.717) is 33.6 Å². The molecule has 0 atom stereocenters. The molecule has 11 heteroatoms. The lowest BCUT2D eigenvalue weighted by molar-refractivity contribution is -0.119. The molecule has 1 amide bonds. The van der Waals surface area contributed by atoms with Gasteiger partial charge in [-0.15, -0.1) is 0 Å². The molecule has 0 aliphatic rings. The van der Waals surface area contributed by atoms with E-state index in [0.717, 1.165) is 5.39 Å². The number of aromatic nitrogens is 2. The predicted octanol–water partition coefficient (Wildman–Crippen LogP) is 5.64. The molecule has 0 unspecified atom stereocenters. The van der Waals surface area contributed by atoms with Gasteiger partial charge in [0, 0.05) is 22.8 Å². The fourth-order valence-electron chi connectivity index (χ4n) is 4.42. The highest BCUT2D eigenvalue weighted by Gasteiger charge is 2.20.